The largest absolute Gasteiger partial charge is 0.618 e. The van der Waals surface area contributed by atoms with Crippen LogP contribution in [0.2, 0.25) is 0 Å². The van der Waals surface area contributed by atoms with Crippen LogP contribution in [0, 0.1) is 5.21 Å². The van der Waals surface area contributed by atoms with Crippen molar-refractivity contribution >= 4 is 6.29 Å². The highest BCUT2D eigenvalue weighted by Crippen LogP contribution is 1.78. The van der Waals surface area contributed by atoms with Crippen LogP contribution in [0.25, 0.3) is 0 Å². The van der Waals surface area contributed by atoms with E-state index in [0.717, 1.165) is 0 Å². The number of nitrogens with zero attached hydrogens (tertiary/aromatic N) is 2. The molecule has 9 heavy (non-hydrogen) atoms. The first-order chi connectivity index (χ1) is 4.34. The van der Waals surface area contributed by atoms with Crippen LogP contribution in [0.3, 0.4) is 0 Å². The Balaban J connectivity index is 3.15. The summed E-state index contributed by atoms with van der Waals surface area (Å²) in [7, 11) is 0. The SMILES string of the molecule is O=Cc1cncc[n+]1[O-]. The molecule has 0 spiro atoms. The van der Waals surface area contributed by atoms with Gasteiger partial charge in [0, 0.05) is 0 Å². The summed E-state index contributed by atoms with van der Waals surface area (Å²) in [5, 5.41) is 10.5. The summed E-state index contributed by atoms with van der Waals surface area (Å²) in [4.78, 5) is 13.5. The second-order valence-corrected chi connectivity index (χ2v) is 1.44. The van der Waals surface area contributed by atoms with E-state index in [0.29, 0.717) is 11.0 Å². The molecule has 0 amide bonds. The molecule has 4 heteroatoms. The molecule has 0 N–H and O–H groups in total. The van der Waals surface area contributed by atoms with Crippen molar-refractivity contribution in [2.24, 2.45) is 0 Å². The third kappa shape index (κ3) is 1.02. The zero-order valence-electron chi connectivity index (χ0n) is 4.52. The molecule has 0 aromatic carbocycles. The molecule has 0 aliphatic rings. The molecule has 0 radical (unpaired) electrons. The van der Waals surface area contributed by atoms with Gasteiger partial charge in [0.15, 0.2) is 6.20 Å². The quantitative estimate of drug-likeness (QED) is 0.289. The fraction of sp³-hybridized carbons (Fsp3) is 0. The van der Waals surface area contributed by atoms with Crippen molar-refractivity contribution < 1.29 is 9.52 Å². The minimum Gasteiger partial charge on any atom is -0.618 e. The number of aromatic nitrogens is 2. The number of hydrogen-bond acceptors (Lipinski definition) is 3. The Morgan fingerprint density at radius 2 is 2.56 bits per heavy atom. The molecular weight excluding hydrogens is 120 g/mol. The van der Waals surface area contributed by atoms with Crippen LogP contribution in [-0.4, -0.2) is 11.3 Å². The maximum absolute atomic E-state index is 10.5. The summed E-state index contributed by atoms with van der Waals surface area (Å²) in [6.07, 6.45) is 4.16. The van der Waals surface area contributed by atoms with Crippen molar-refractivity contribution in [3.8, 4) is 0 Å². The summed E-state index contributed by atoms with van der Waals surface area (Å²) < 4.78 is 0.458. The van der Waals surface area contributed by atoms with Gasteiger partial charge < -0.3 is 5.21 Å². The number of carbonyl (C=O) groups excluding carboxylic acids is 1. The van der Waals surface area contributed by atoms with Crippen molar-refractivity contribution in [1.29, 1.82) is 0 Å². The summed E-state index contributed by atoms with van der Waals surface area (Å²) in [5.41, 5.74) is 0.0255. The molecule has 0 fully saturated rings. The standard InChI is InChI=1S/C5H4N2O2/c8-4-5-3-6-1-2-7(5)9/h1-4H. The Hall–Kier alpha value is -1.45. The molecule has 1 heterocycles. The van der Waals surface area contributed by atoms with Crippen LogP contribution in [0.15, 0.2) is 18.6 Å². The van der Waals surface area contributed by atoms with Crippen LogP contribution in [0.4, 0.5) is 0 Å². The Bertz CT molecular complexity index is 224. The maximum atomic E-state index is 10.5. The topological polar surface area (TPSA) is 56.9 Å². The van der Waals surface area contributed by atoms with Crippen LogP contribution < -0.4 is 4.73 Å². The molecule has 0 aliphatic heterocycles. The molecule has 1 aromatic rings. The van der Waals surface area contributed by atoms with Gasteiger partial charge in [-0.1, -0.05) is 0 Å². The number of aldehydes is 1. The second kappa shape index (κ2) is 2.21. The van der Waals surface area contributed by atoms with Crippen LogP contribution in [-0.2, 0) is 0 Å². The van der Waals surface area contributed by atoms with Gasteiger partial charge >= 0.3 is 0 Å². The highest BCUT2D eigenvalue weighted by molar-refractivity contribution is 5.68. The molecule has 1 aromatic heterocycles. The van der Waals surface area contributed by atoms with Crippen molar-refractivity contribution in [2.75, 3.05) is 0 Å². The highest BCUT2D eigenvalue weighted by Gasteiger charge is 1.98. The van der Waals surface area contributed by atoms with Gasteiger partial charge in [0.1, 0.15) is 6.20 Å². The minimum atomic E-state index is 0.0255. The number of carbonyl (C=O) groups is 1. The Morgan fingerprint density at radius 3 is 3.00 bits per heavy atom. The zero-order chi connectivity index (χ0) is 6.69. The lowest BCUT2D eigenvalue weighted by Gasteiger charge is -1.93. The monoisotopic (exact) mass is 124 g/mol. The summed E-state index contributed by atoms with van der Waals surface area (Å²) in [6, 6.07) is 0. The average molecular weight is 124 g/mol. The van der Waals surface area contributed by atoms with E-state index in [1.54, 1.807) is 0 Å². The second-order valence-electron chi connectivity index (χ2n) is 1.44. The van der Waals surface area contributed by atoms with E-state index >= 15 is 0 Å². The molecule has 4 nitrogen and oxygen atoms in total. The van der Waals surface area contributed by atoms with Crippen molar-refractivity contribution in [2.45, 2.75) is 0 Å². The van der Waals surface area contributed by atoms with Gasteiger partial charge in [-0.05, 0) is 0 Å². The van der Waals surface area contributed by atoms with Gasteiger partial charge in [-0.2, -0.15) is 4.73 Å². The van der Waals surface area contributed by atoms with Gasteiger partial charge in [-0.15, -0.1) is 0 Å². The molecule has 0 saturated heterocycles. The van der Waals surface area contributed by atoms with Crippen LogP contribution >= 0.6 is 0 Å². The lowest BCUT2D eigenvalue weighted by Crippen LogP contribution is -2.30. The Kier molecular flexibility index (Phi) is 1.40. The third-order valence-electron chi connectivity index (χ3n) is 0.870. The van der Waals surface area contributed by atoms with Crippen molar-refractivity contribution in [3.05, 3.63) is 29.5 Å². The van der Waals surface area contributed by atoms with Gasteiger partial charge in [0.25, 0.3) is 5.69 Å². The van der Waals surface area contributed by atoms with Gasteiger partial charge in [-0.3, -0.25) is 9.78 Å². The summed E-state index contributed by atoms with van der Waals surface area (Å²) in [6.45, 7) is 0. The first-order valence-corrected chi connectivity index (χ1v) is 2.33. The molecule has 0 saturated carbocycles. The molecular formula is C5H4N2O2. The molecule has 0 atom stereocenters. The van der Waals surface area contributed by atoms with E-state index in [1.165, 1.54) is 18.6 Å². The zero-order valence-corrected chi connectivity index (χ0v) is 4.52. The fourth-order valence-electron chi connectivity index (χ4n) is 0.444. The van der Waals surface area contributed by atoms with Crippen LogP contribution in [0.5, 0.6) is 0 Å². The first kappa shape index (κ1) is 5.68. The first-order valence-electron chi connectivity index (χ1n) is 2.33. The van der Waals surface area contributed by atoms with Gasteiger partial charge in [0.05, 0.1) is 6.20 Å². The van der Waals surface area contributed by atoms with Gasteiger partial charge in [0.2, 0.25) is 6.29 Å². The van der Waals surface area contributed by atoms with E-state index < -0.39 is 0 Å². The molecule has 0 aliphatic carbocycles. The number of hydrogen-bond donors (Lipinski definition) is 0. The van der Waals surface area contributed by atoms with E-state index in [2.05, 4.69) is 4.98 Å². The number of rotatable bonds is 1. The Morgan fingerprint density at radius 1 is 1.78 bits per heavy atom. The highest BCUT2D eigenvalue weighted by atomic mass is 16.5. The molecule has 0 bridgehead atoms. The van der Waals surface area contributed by atoms with E-state index in [9.17, 15) is 10.0 Å². The molecule has 1 rings (SSSR count). The summed E-state index contributed by atoms with van der Waals surface area (Å²) in [5.74, 6) is 0. The van der Waals surface area contributed by atoms with E-state index in [-0.39, 0.29) is 5.69 Å². The fourth-order valence-corrected chi connectivity index (χ4v) is 0.444. The van der Waals surface area contributed by atoms with Crippen molar-refractivity contribution in [3.63, 3.8) is 0 Å². The molecule has 0 unspecified atom stereocenters. The molecule has 46 valence electrons. The average Bonchev–Trinajstić information content (AvgIpc) is 1.89. The smallest absolute Gasteiger partial charge is 0.275 e. The van der Waals surface area contributed by atoms with E-state index in [4.69, 9.17) is 0 Å². The third-order valence-corrected chi connectivity index (χ3v) is 0.870. The predicted molar refractivity (Wildman–Crippen MR) is 28.6 cm³/mol. The van der Waals surface area contributed by atoms with Crippen LogP contribution in [0.1, 0.15) is 10.5 Å². The normalized spacial score (nSPS) is 8.89. The lowest BCUT2D eigenvalue weighted by molar-refractivity contribution is -0.607. The minimum absolute atomic E-state index is 0.0255. The summed E-state index contributed by atoms with van der Waals surface area (Å²) >= 11 is 0. The maximum Gasteiger partial charge on any atom is 0.275 e. The van der Waals surface area contributed by atoms with Gasteiger partial charge in [-0.25, -0.2) is 0 Å². The van der Waals surface area contributed by atoms with Crippen molar-refractivity contribution in [1.82, 2.24) is 4.98 Å². The Labute approximate surface area is 51.4 Å². The van der Waals surface area contributed by atoms with E-state index in [1.807, 2.05) is 0 Å². The predicted octanol–water partition coefficient (Wildman–Crippen LogP) is -0.473. The lowest BCUT2D eigenvalue weighted by atomic mass is 10.5.